The second-order valence-electron chi connectivity index (χ2n) is 4.76. The fourth-order valence-corrected chi connectivity index (χ4v) is 2.76. The predicted octanol–water partition coefficient (Wildman–Crippen LogP) is 4.36. The highest BCUT2D eigenvalue weighted by Crippen LogP contribution is 2.28. The van der Waals surface area contributed by atoms with Gasteiger partial charge in [-0.25, -0.2) is 0 Å². The molecule has 1 rings (SSSR count). The molecule has 0 amide bonds. The van der Waals surface area contributed by atoms with Crippen molar-refractivity contribution in [2.24, 2.45) is 0 Å². The zero-order valence-corrected chi connectivity index (χ0v) is 13.5. The Kier molecular flexibility index (Phi) is 6.72. The van der Waals surface area contributed by atoms with Crippen molar-refractivity contribution < 1.29 is 0 Å². The summed E-state index contributed by atoms with van der Waals surface area (Å²) in [5.74, 6) is 0. The van der Waals surface area contributed by atoms with E-state index in [-0.39, 0.29) is 0 Å². The second-order valence-corrected chi connectivity index (χ2v) is 5.61. The molecule has 0 spiro atoms. The van der Waals surface area contributed by atoms with Crippen LogP contribution < -0.4 is 10.2 Å². The predicted molar refractivity (Wildman–Crippen MR) is 84.4 cm³/mol. The van der Waals surface area contributed by atoms with Gasteiger partial charge >= 0.3 is 0 Å². The Morgan fingerprint density at radius 3 is 2.61 bits per heavy atom. The van der Waals surface area contributed by atoms with Crippen molar-refractivity contribution in [1.29, 1.82) is 0 Å². The van der Waals surface area contributed by atoms with E-state index < -0.39 is 0 Å². The number of anilines is 1. The van der Waals surface area contributed by atoms with E-state index in [4.69, 9.17) is 0 Å². The van der Waals surface area contributed by atoms with E-state index in [1.807, 2.05) is 0 Å². The summed E-state index contributed by atoms with van der Waals surface area (Å²) in [5.41, 5.74) is 2.60. The summed E-state index contributed by atoms with van der Waals surface area (Å²) >= 11 is 3.69. The minimum atomic E-state index is 0.388. The first-order chi connectivity index (χ1) is 8.60. The first-order valence-electron chi connectivity index (χ1n) is 6.84. The lowest BCUT2D eigenvalue weighted by molar-refractivity contribution is 0.596. The van der Waals surface area contributed by atoms with Crippen molar-refractivity contribution in [2.75, 3.05) is 25.0 Å². The molecule has 0 heterocycles. The quantitative estimate of drug-likeness (QED) is 0.805. The Bertz CT molecular complexity index is 366. The largest absolute Gasteiger partial charge is 0.375 e. The lowest BCUT2D eigenvalue weighted by Gasteiger charge is -2.21. The Morgan fingerprint density at radius 1 is 1.33 bits per heavy atom. The van der Waals surface area contributed by atoms with E-state index in [2.05, 4.69) is 72.2 Å². The van der Waals surface area contributed by atoms with Crippen LogP contribution in [0, 0.1) is 0 Å². The number of benzene rings is 1. The highest BCUT2D eigenvalue weighted by Gasteiger charge is 2.10. The number of hydrogen-bond donors (Lipinski definition) is 1. The summed E-state index contributed by atoms with van der Waals surface area (Å²) in [4.78, 5) is 2.32. The monoisotopic (exact) mass is 312 g/mol. The second kappa shape index (κ2) is 7.80. The molecule has 0 radical (unpaired) electrons. The first-order valence-corrected chi connectivity index (χ1v) is 7.63. The van der Waals surface area contributed by atoms with Gasteiger partial charge in [-0.15, -0.1) is 0 Å². The number of unbranched alkanes of at least 4 members (excludes halogenated alkanes) is 1. The Labute approximate surface area is 120 Å². The number of nitrogens with zero attached hydrogens (tertiary/aromatic N) is 1. The van der Waals surface area contributed by atoms with Gasteiger partial charge in [-0.2, -0.15) is 0 Å². The van der Waals surface area contributed by atoms with E-state index in [0.717, 1.165) is 13.1 Å². The van der Waals surface area contributed by atoms with Gasteiger partial charge in [0.05, 0.1) is 0 Å². The van der Waals surface area contributed by atoms with Crippen molar-refractivity contribution in [3.63, 3.8) is 0 Å². The fourth-order valence-electron chi connectivity index (χ4n) is 2.05. The smallest absolute Gasteiger partial charge is 0.0375 e. The maximum atomic E-state index is 3.69. The van der Waals surface area contributed by atoms with Gasteiger partial charge in [-0.05, 0) is 37.6 Å². The molecule has 1 aromatic rings. The van der Waals surface area contributed by atoms with Crippen LogP contribution in [0.4, 0.5) is 5.69 Å². The summed E-state index contributed by atoms with van der Waals surface area (Å²) in [7, 11) is 2.16. The molecule has 1 aromatic carbocycles. The minimum absolute atomic E-state index is 0.388. The summed E-state index contributed by atoms with van der Waals surface area (Å²) < 4.78 is 1.19. The average Bonchev–Trinajstić information content (AvgIpc) is 2.35. The van der Waals surface area contributed by atoms with E-state index in [1.54, 1.807) is 0 Å². The molecule has 0 fully saturated rings. The van der Waals surface area contributed by atoms with Crippen LogP contribution in [0.5, 0.6) is 0 Å². The minimum Gasteiger partial charge on any atom is -0.375 e. The number of hydrogen-bond acceptors (Lipinski definition) is 2. The number of rotatable bonds is 7. The molecule has 102 valence electrons. The van der Waals surface area contributed by atoms with Gasteiger partial charge in [0, 0.05) is 29.8 Å². The maximum Gasteiger partial charge on any atom is 0.0375 e. The summed E-state index contributed by atoms with van der Waals surface area (Å²) in [6.07, 6.45) is 2.48. The standard InChI is InChI=1S/C15H25BrN2/c1-5-7-10-18(4)13-8-9-14(15(16)11-13)12(3)17-6-2/h8-9,11-12,17H,5-7,10H2,1-4H3. The Morgan fingerprint density at radius 2 is 2.06 bits per heavy atom. The maximum absolute atomic E-state index is 3.69. The highest BCUT2D eigenvalue weighted by molar-refractivity contribution is 9.10. The van der Waals surface area contributed by atoms with Crippen LogP contribution in [-0.2, 0) is 0 Å². The van der Waals surface area contributed by atoms with Crippen molar-refractivity contribution in [2.45, 2.75) is 39.7 Å². The molecule has 1 unspecified atom stereocenters. The average molecular weight is 313 g/mol. The fraction of sp³-hybridized carbons (Fsp3) is 0.600. The lowest BCUT2D eigenvalue weighted by Crippen LogP contribution is -2.20. The zero-order chi connectivity index (χ0) is 13.5. The molecule has 0 aliphatic heterocycles. The van der Waals surface area contributed by atoms with Crippen LogP contribution in [0.25, 0.3) is 0 Å². The topological polar surface area (TPSA) is 15.3 Å². The third kappa shape index (κ3) is 4.29. The Hall–Kier alpha value is -0.540. The lowest BCUT2D eigenvalue weighted by atomic mass is 10.1. The summed E-state index contributed by atoms with van der Waals surface area (Å²) in [6.45, 7) is 8.67. The number of nitrogens with one attached hydrogen (secondary N) is 1. The van der Waals surface area contributed by atoms with E-state index in [9.17, 15) is 0 Å². The molecule has 2 nitrogen and oxygen atoms in total. The summed E-state index contributed by atoms with van der Waals surface area (Å²) in [5, 5.41) is 3.44. The van der Waals surface area contributed by atoms with Gasteiger partial charge in [-0.3, -0.25) is 0 Å². The zero-order valence-electron chi connectivity index (χ0n) is 12.0. The molecule has 3 heteroatoms. The molecule has 0 aliphatic carbocycles. The van der Waals surface area contributed by atoms with Crippen LogP contribution in [0.1, 0.15) is 45.2 Å². The molecule has 0 bridgehead atoms. The van der Waals surface area contributed by atoms with Gasteiger partial charge in [-0.1, -0.05) is 42.3 Å². The van der Waals surface area contributed by atoms with Gasteiger partial charge in [0.1, 0.15) is 0 Å². The van der Waals surface area contributed by atoms with Crippen molar-refractivity contribution in [1.82, 2.24) is 5.32 Å². The van der Waals surface area contributed by atoms with Crippen molar-refractivity contribution >= 4 is 21.6 Å². The van der Waals surface area contributed by atoms with Gasteiger partial charge < -0.3 is 10.2 Å². The third-order valence-electron chi connectivity index (χ3n) is 3.25. The van der Waals surface area contributed by atoms with Gasteiger partial charge in [0.15, 0.2) is 0 Å². The van der Waals surface area contributed by atoms with Crippen LogP contribution in [0.3, 0.4) is 0 Å². The molecule has 18 heavy (non-hydrogen) atoms. The van der Waals surface area contributed by atoms with E-state index in [0.29, 0.717) is 6.04 Å². The molecule has 1 N–H and O–H groups in total. The van der Waals surface area contributed by atoms with Crippen molar-refractivity contribution in [3.8, 4) is 0 Å². The third-order valence-corrected chi connectivity index (χ3v) is 3.94. The molecule has 0 aliphatic rings. The molecule has 0 saturated carbocycles. The molecule has 0 aromatic heterocycles. The highest BCUT2D eigenvalue weighted by atomic mass is 79.9. The molecular formula is C15H25BrN2. The molecule has 0 saturated heterocycles. The van der Waals surface area contributed by atoms with Crippen molar-refractivity contribution in [3.05, 3.63) is 28.2 Å². The molecule has 1 atom stereocenters. The Balaban J connectivity index is 2.78. The number of halogens is 1. The normalized spacial score (nSPS) is 12.5. The summed E-state index contributed by atoms with van der Waals surface area (Å²) in [6, 6.07) is 7.04. The van der Waals surface area contributed by atoms with Gasteiger partial charge in [0.2, 0.25) is 0 Å². The van der Waals surface area contributed by atoms with Gasteiger partial charge in [0.25, 0.3) is 0 Å². The first kappa shape index (κ1) is 15.5. The van der Waals surface area contributed by atoms with Crippen LogP contribution >= 0.6 is 15.9 Å². The SMILES string of the molecule is CCCCN(C)c1ccc(C(C)NCC)c(Br)c1. The van der Waals surface area contributed by atoms with Crippen LogP contribution in [0.15, 0.2) is 22.7 Å². The van der Waals surface area contributed by atoms with E-state index in [1.165, 1.54) is 28.6 Å². The van der Waals surface area contributed by atoms with E-state index >= 15 is 0 Å². The van der Waals surface area contributed by atoms with Crippen LogP contribution in [-0.4, -0.2) is 20.1 Å². The molecular weight excluding hydrogens is 288 g/mol. The van der Waals surface area contributed by atoms with Crippen LogP contribution in [0.2, 0.25) is 0 Å².